The summed E-state index contributed by atoms with van der Waals surface area (Å²) in [6.45, 7) is -0.678. The summed E-state index contributed by atoms with van der Waals surface area (Å²) >= 11 is 1.04. The predicted molar refractivity (Wildman–Crippen MR) is 365 cm³/mol. The van der Waals surface area contributed by atoms with Gasteiger partial charge in [0.15, 0.2) is 30.2 Å². The van der Waals surface area contributed by atoms with Crippen LogP contribution in [-0.4, -0.2) is 346 Å². The summed E-state index contributed by atoms with van der Waals surface area (Å²) in [7, 11) is 1.30. The number of non-ortho nitro benzene ring substituents is 1. The molecule has 5 saturated heterocycles. The van der Waals surface area contributed by atoms with Gasteiger partial charge in [-0.25, -0.2) is 4.79 Å². The van der Waals surface area contributed by atoms with Crippen molar-refractivity contribution in [1.82, 2.24) is 0 Å². The number of fused-ring (bicyclic) bond motifs is 1. The number of nitrogens with zero attached hydrogens (tertiary/aromatic N) is 2. The van der Waals surface area contributed by atoms with Crippen LogP contribution in [0, 0.1) is 34.3 Å². The van der Waals surface area contributed by atoms with Gasteiger partial charge >= 0.3 is 5.63 Å². The van der Waals surface area contributed by atoms with Crippen LogP contribution in [-0.2, 0) is 37.9 Å². The topological polar surface area (TPSA) is 686 Å². The van der Waals surface area contributed by atoms with E-state index >= 15 is 0 Å². The number of nitro groups is 1. The molecule has 0 amide bonds. The van der Waals surface area contributed by atoms with Crippen LogP contribution in [0.25, 0.3) is 11.0 Å². The quantitative estimate of drug-likeness (QED) is 0.0207. The number of hydrogen-bond donors (Lipinski definition) is 23. The molecule has 6 fully saturated rings. The number of phenolic OH excluding ortho intramolecular Hbond substituents is 1. The minimum Gasteiger partial charge on any atom is -0.504 e. The van der Waals surface area contributed by atoms with Crippen LogP contribution in [0.4, 0.5) is 5.69 Å². The fourth-order valence-electron chi connectivity index (χ4n) is 11.6. The summed E-state index contributed by atoms with van der Waals surface area (Å²) in [6.07, 6.45) is -35.0. The van der Waals surface area contributed by atoms with Crippen molar-refractivity contribution in [2.75, 3.05) is 46.8 Å². The van der Waals surface area contributed by atoms with Crippen LogP contribution in [0.2, 0.25) is 0 Å². The number of aliphatic hydroxyl groups is 22. The maximum Gasteiger partial charge on any atom is 0.336 e. The maximum absolute atomic E-state index is 11.2. The first kappa shape index (κ1) is 91.4. The fourth-order valence-corrected chi connectivity index (χ4v) is 12.6. The molecule has 1 unspecified atom stereocenters. The molecule has 1 aromatic heterocycles. The van der Waals surface area contributed by atoms with Gasteiger partial charge in [-0.05, 0) is 55.3 Å². The Morgan fingerprint density at radius 1 is 0.550 bits per heavy atom. The summed E-state index contributed by atoms with van der Waals surface area (Å²) in [6, 6.07) is 28.6. The SMILES string of the molecule is CO[C@@H]1O[C@H](CO)[C@@H](O)[C@H](O)[C@H]1O.Cc1ccc(O[C@@H]2O[C@H](CO)[C@@H](O)[C@H](O)[C@@H]2O)cc1.N#CC(O[C@@H]1C[C@H](CO[C@H]2C[C@@H](O)[C@H](O)[C@@H](CO)O2)[C@@H](O)[C@H](O)[C@H]1O)c1ccccc1.O.O=[N+]([O-])c1ccc(S[C@@H]2O[C@H](CO)[C@@H](O)[C@H](O)[C@H]2O)cc1.O=c1ccc2cc(O[C@@H]3O[C@H](CO)[C@@H](O)[C@H](O)[C@H]3O)c(O)cc2o1. The Morgan fingerprint density at radius 3 is 1.55 bits per heavy atom. The first-order chi connectivity index (χ1) is 51.3. The van der Waals surface area contributed by atoms with E-state index in [1.54, 1.807) is 42.5 Å². The molecule has 40 nitrogen and oxygen atoms in total. The van der Waals surface area contributed by atoms with E-state index in [1.807, 2.05) is 25.1 Å². The van der Waals surface area contributed by atoms with Crippen molar-refractivity contribution >= 4 is 28.4 Å². The van der Waals surface area contributed by atoms with E-state index in [0.29, 0.717) is 21.6 Å². The molecule has 5 aromatic rings. The lowest BCUT2D eigenvalue weighted by atomic mass is 9.81. The molecule has 11 rings (SSSR count). The van der Waals surface area contributed by atoms with E-state index in [4.69, 9.17) is 72.2 Å². The molecular formula is C68H94N2O38S. The average molecular weight is 1580 g/mol. The normalized spacial score (nSPS) is 35.9. The molecule has 25 N–H and O–H groups in total. The van der Waals surface area contributed by atoms with E-state index in [-0.39, 0.29) is 47.7 Å². The molecule has 41 heteroatoms. The molecule has 0 radical (unpaired) electrons. The Hall–Kier alpha value is -6.51. The van der Waals surface area contributed by atoms with Crippen LogP contribution < -0.4 is 15.1 Å². The molecule has 1 aliphatic carbocycles. The number of ether oxygens (including phenoxy) is 10. The van der Waals surface area contributed by atoms with Crippen molar-refractivity contribution < 1.29 is 180 Å². The molecule has 4 aromatic carbocycles. The third kappa shape index (κ3) is 23.8. The summed E-state index contributed by atoms with van der Waals surface area (Å²) in [5.41, 5.74) is 0.255. The first-order valence-electron chi connectivity index (χ1n) is 33.5. The van der Waals surface area contributed by atoms with Crippen LogP contribution in [0.3, 0.4) is 0 Å². The van der Waals surface area contributed by atoms with Crippen molar-refractivity contribution in [3.8, 4) is 23.3 Å². The molecule has 1 saturated carbocycles. The minimum atomic E-state index is -1.60. The number of thioether (sulfide) groups is 1. The molecular weight excluding hydrogens is 1480 g/mol. The van der Waals surface area contributed by atoms with Crippen molar-refractivity contribution in [3.05, 3.63) is 135 Å². The van der Waals surface area contributed by atoms with Gasteiger partial charge in [-0.2, -0.15) is 5.26 Å². The van der Waals surface area contributed by atoms with Crippen molar-refractivity contribution in [3.63, 3.8) is 0 Å². The molecule has 0 bridgehead atoms. The molecule has 6 aliphatic rings. The summed E-state index contributed by atoms with van der Waals surface area (Å²) in [5, 5.41) is 242. The number of rotatable bonds is 19. The van der Waals surface area contributed by atoms with Gasteiger partial charge in [0.05, 0.1) is 68.9 Å². The number of hydrogen-bond acceptors (Lipinski definition) is 39. The van der Waals surface area contributed by atoms with Gasteiger partial charge in [0.25, 0.3) is 5.69 Å². The van der Waals surface area contributed by atoms with Crippen molar-refractivity contribution in [2.45, 2.75) is 202 Å². The summed E-state index contributed by atoms with van der Waals surface area (Å²) in [5.74, 6) is -0.664. The average Bonchev–Trinajstić information content (AvgIpc) is 0.787. The van der Waals surface area contributed by atoms with E-state index in [0.717, 1.165) is 23.4 Å². The Bertz CT molecular complexity index is 3590. The second-order valence-electron chi connectivity index (χ2n) is 25.5. The van der Waals surface area contributed by atoms with Gasteiger partial charge in [0.2, 0.25) is 12.6 Å². The van der Waals surface area contributed by atoms with Crippen LogP contribution in [0.15, 0.2) is 117 Å². The Balaban J connectivity index is 0.000000218. The molecule has 610 valence electrons. The number of phenols is 1. The van der Waals surface area contributed by atoms with Gasteiger partial charge in [-0.3, -0.25) is 10.1 Å². The third-order valence-corrected chi connectivity index (χ3v) is 19.2. The van der Waals surface area contributed by atoms with Gasteiger partial charge in [-0.15, -0.1) is 0 Å². The number of aromatic hydroxyl groups is 1. The zero-order valence-electron chi connectivity index (χ0n) is 58.1. The lowest BCUT2D eigenvalue weighted by Gasteiger charge is -2.42. The molecule has 30 atom stereocenters. The van der Waals surface area contributed by atoms with E-state index in [9.17, 15) is 117 Å². The number of methoxy groups -OCH3 is 1. The Kier molecular flexibility index (Phi) is 36.0. The molecule has 109 heavy (non-hydrogen) atoms. The smallest absolute Gasteiger partial charge is 0.336 e. The molecule has 0 spiro atoms. The fraction of sp³-hybridized carbons (Fsp3) is 0.588. The highest BCUT2D eigenvalue weighted by Crippen LogP contribution is 2.38. The minimum absolute atomic E-state index is 0. The Labute approximate surface area is 623 Å². The standard InChI is InChI=1S/C21H29NO9.C15H16O9.C13H18O6.C12H15NO7S.C7H14O6.H2O/c22-8-15(11-4-2-1-3-5-11)30-14-6-12(18(25)21(28)20(14)27)10-29-17-7-13(24)19(26)16(9-23)31-17;16-5-10-12(19)13(20)14(21)15(24-10)23-9-3-6-1-2-11(18)22-8(6)4-7(9)17;1-7-2-4-8(5-3-7)18-13-12(17)11(16)10(15)9(6-14)19-13;14-5-8-9(15)10(16)11(17)12(20-8)21-7-3-1-6(2-4-7)13(18)19;1-12-7-6(11)5(10)4(9)3(2-8)13-7;/h1-5,12-21,23-28H,6-7,9-10H2;1-4,10,12-17,19-21H,5H2;2-5,9-17H,6H2,1H3;1-4,8-12,14-17H,5H2;3-11H,2H2,1H3;1H2/t12-,13-,14-,15?,16-,17-,18-,19+,20+,21+;10-,12-,13+,14-,15-;9-,10-,11+,12+,13-;8-,9-,10+,11-,12+;3-,4-,5+,6-,7-;/m11111./s1. The largest absolute Gasteiger partial charge is 0.504 e. The first-order valence-corrected chi connectivity index (χ1v) is 34.4. The lowest BCUT2D eigenvalue weighted by molar-refractivity contribution is -0.384. The third-order valence-electron chi connectivity index (χ3n) is 18.0. The highest BCUT2D eigenvalue weighted by molar-refractivity contribution is 7.99. The van der Waals surface area contributed by atoms with Gasteiger partial charge in [-0.1, -0.05) is 59.8 Å². The highest BCUT2D eigenvalue weighted by atomic mass is 32.2. The number of aryl methyl sites for hydroxylation is 1. The second kappa shape index (κ2) is 42.9. The molecule has 6 heterocycles. The number of nitro benzene ring substituents is 1. The lowest BCUT2D eigenvalue weighted by Crippen LogP contribution is -2.60. The van der Waals surface area contributed by atoms with Crippen molar-refractivity contribution in [2.24, 2.45) is 5.92 Å². The van der Waals surface area contributed by atoms with Gasteiger partial charge in [0.1, 0.15) is 139 Å². The number of nitriles is 1. The Morgan fingerprint density at radius 2 is 1.04 bits per heavy atom. The van der Waals surface area contributed by atoms with Crippen LogP contribution in [0.5, 0.6) is 17.2 Å². The number of aliphatic hydroxyl groups excluding tert-OH is 22. The summed E-state index contributed by atoms with van der Waals surface area (Å²) < 4.78 is 57.9. The van der Waals surface area contributed by atoms with Gasteiger partial charge < -0.3 is 175 Å². The van der Waals surface area contributed by atoms with Crippen LogP contribution in [0.1, 0.15) is 30.1 Å². The second-order valence-corrected chi connectivity index (χ2v) is 26.7. The van der Waals surface area contributed by atoms with E-state index < -0.39 is 227 Å². The van der Waals surface area contributed by atoms with Crippen LogP contribution >= 0.6 is 11.8 Å². The van der Waals surface area contributed by atoms with E-state index in [1.165, 1.54) is 49.6 Å². The monoisotopic (exact) mass is 1580 g/mol. The zero-order chi connectivity index (χ0) is 79.5. The van der Waals surface area contributed by atoms with Crippen molar-refractivity contribution in [1.29, 1.82) is 5.26 Å². The molecule has 5 aliphatic heterocycles. The highest BCUT2D eigenvalue weighted by Gasteiger charge is 2.49. The summed E-state index contributed by atoms with van der Waals surface area (Å²) in [4.78, 5) is 21.8. The van der Waals surface area contributed by atoms with E-state index in [2.05, 4.69) is 0 Å². The van der Waals surface area contributed by atoms with Gasteiger partial charge in [0, 0.05) is 54.0 Å². The zero-order valence-corrected chi connectivity index (χ0v) is 58.9. The number of benzene rings is 4. The predicted octanol–water partition coefficient (Wildman–Crippen LogP) is -7.47. The maximum atomic E-state index is 11.2.